The van der Waals surface area contributed by atoms with E-state index in [1.807, 2.05) is 38.1 Å². The molecule has 0 bridgehead atoms. The van der Waals surface area contributed by atoms with E-state index < -0.39 is 5.97 Å². The molecule has 0 atom stereocenters. The van der Waals surface area contributed by atoms with E-state index in [0.29, 0.717) is 5.56 Å². The van der Waals surface area contributed by atoms with E-state index in [0.717, 1.165) is 10.8 Å². The average molecular weight is 232 g/mol. The third-order valence-electron chi connectivity index (χ3n) is 2.51. The van der Waals surface area contributed by atoms with Crippen LogP contribution in [0.4, 0.5) is 0 Å². The van der Waals surface area contributed by atoms with E-state index in [1.165, 1.54) is 6.07 Å². The summed E-state index contributed by atoms with van der Waals surface area (Å²) in [5, 5.41) is 20.3. The van der Waals surface area contributed by atoms with Crippen LogP contribution in [0.3, 0.4) is 0 Å². The third-order valence-corrected chi connectivity index (χ3v) is 2.51. The standard InChI is InChI=1S/C12H10O3.C2H6/c1-7-9-5-3-2-4-8(9)6-10(11(7)13)12(14)15;1-2/h2-6,13H,1H3,(H,14,15);1-2H3. The van der Waals surface area contributed by atoms with Crippen LogP contribution in [-0.2, 0) is 0 Å². The number of fused-ring (bicyclic) bond motifs is 1. The Kier molecular flexibility index (Phi) is 4.10. The highest BCUT2D eigenvalue weighted by Gasteiger charge is 2.13. The largest absolute Gasteiger partial charge is 0.507 e. The van der Waals surface area contributed by atoms with Crippen molar-refractivity contribution in [3.63, 3.8) is 0 Å². The molecule has 0 heterocycles. The Bertz CT molecular complexity index is 544. The van der Waals surface area contributed by atoms with Crippen molar-refractivity contribution in [2.24, 2.45) is 0 Å². The first-order valence-electron chi connectivity index (χ1n) is 5.56. The molecule has 0 saturated carbocycles. The smallest absolute Gasteiger partial charge is 0.339 e. The summed E-state index contributed by atoms with van der Waals surface area (Å²) in [6, 6.07) is 8.86. The second kappa shape index (κ2) is 5.34. The van der Waals surface area contributed by atoms with Crippen LogP contribution in [0.1, 0.15) is 29.8 Å². The average Bonchev–Trinajstić information content (AvgIpc) is 2.36. The minimum absolute atomic E-state index is 0.0498. The molecule has 17 heavy (non-hydrogen) atoms. The van der Waals surface area contributed by atoms with Gasteiger partial charge in [0.25, 0.3) is 0 Å². The molecule has 0 spiro atoms. The number of benzene rings is 2. The van der Waals surface area contributed by atoms with E-state index in [-0.39, 0.29) is 11.3 Å². The number of carboxylic acids is 1. The molecule has 0 aliphatic heterocycles. The second-order valence-corrected chi connectivity index (χ2v) is 3.42. The van der Waals surface area contributed by atoms with Gasteiger partial charge in [-0.05, 0) is 29.3 Å². The molecule has 3 heteroatoms. The first kappa shape index (κ1) is 13.0. The molecule has 3 nitrogen and oxygen atoms in total. The molecule has 2 aromatic rings. The van der Waals surface area contributed by atoms with Crippen molar-refractivity contribution in [2.45, 2.75) is 20.8 Å². The number of carbonyl (C=O) groups is 1. The van der Waals surface area contributed by atoms with E-state index in [2.05, 4.69) is 0 Å². The van der Waals surface area contributed by atoms with Gasteiger partial charge in [-0.3, -0.25) is 0 Å². The normalized spacial score (nSPS) is 9.59. The topological polar surface area (TPSA) is 57.5 Å². The molecule has 2 rings (SSSR count). The van der Waals surface area contributed by atoms with Crippen molar-refractivity contribution < 1.29 is 15.0 Å². The fraction of sp³-hybridized carbons (Fsp3) is 0.214. The Morgan fingerprint density at radius 3 is 2.35 bits per heavy atom. The van der Waals surface area contributed by atoms with Crippen molar-refractivity contribution in [3.05, 3.63) is 41.5 Å². The SMILES string of the molecule is CC.Cc1c(O)c(C(=O)O)cc2ccccc12. The van der Waals surface area contributed by atoms with Gasteiger partial charge >= 0.3 is 5.97 Å². The van der Waals surface area contributed by atoms with Gasteiger partial charge in [0.05, 0.1) is 0 Å². The van der Waals surface area contributed by atoms with Gasteiger partial charge in [-0.1, -0.05) is 38.1 Å². The molecule has 0 amide bonds. The van der Waals surface area contributed by atoms with Gasteiger partial charge in [0.15, 0.2) is 0 Å². The van der Waals surface area contributed by atoms with E-state index in [4.69, 9.17) is 5.11 Å². The molecule has 0 fully saturated rings. The molecule has 0 unspecified atom stereocenters. The molecular formula is C14H16O3. The fourth-order valence-corrected chi connectivity index (χ4v) is 1.68. The van der Waals surface area contributed by atoms with Gasteiger partial charge in [-0.15, -0.1) is 0 Å². The lowest BCUT2D eigenvalue weighted by Crippen LogP contribution is -1.98. The maximum absolute atomic E-state index is 10.9. The van der Waals surface area contributed by atoms with Crippen LogP contribution in [0, 0.1) is 6.92 Å². The number of hydrogen-bond acceptors (Lipinski definition) is 2. The maximum atomic E-state index is 10.9. The maximum Gasteiger partial charge on any atom is 0.339 e. The Morgan fingerprint density at radius 1 is 1.18 bits per heavy atom. The zero-order chi connectivity index (χ0) is 13.0. The quantitative estimate of drug-likeness (QED) is 0.790. The molecular weight excluding hydrogens is 216 g/mol. The number of hydrogen-bond donors (Lipinski definition) is 2. The van der Waals surface area contributed by atoms with Crippen LogP contribution in [0.15, 0.2) is 30.3 Å². The predicted octanol–water partition coefficient (Wildman–Crippen LogP) is 3.58. The van der Waals surface area contributed by atoms with Gasteiger partial charge in [0.1, 0.15) is 11.3 Å². The molecule has 0 saturated heterocycles. The van der Waals surface area contributed by atoms with E-state index in [9.17, 15) is 9.90 Å². The Labute approximate surface area is 100 Å². The highest BCUT2D eigenvalue weighted by molar-refractivity contribution is 5.99. The Balaban J connectivity index is 0.000000686. The molecule has 2 N–H and O–H groups in total. The van der Waals surface area contributed by atoms with Gasteiger partial charge in [0.2, 0.25) is 0 Å². The summed E-state index contributed by atoms with van der Waals surface area (Å²) in [5.74, 6) is -1.26. The van der Waals surface area contributed by atoms with Crippen LogP contribution in [-0.4, -0.2) is 16.2 Å². The molecule has 0 aliphatic rings. The van der Waals surface area contributed by atoms with Crippen LogP contribution < -0.4 is 0 Å². The number of aryl methyl sites for hydroxylation is 1. The summed E-state index contributed by atoms with van der Waals surface area (Å²) in [7, 11) is 0. The van der Waals surface area contributed by atoms with Crippen LogP contribution in [0.5, 0.6) is 5.75 Å². The first-order valence-corrected chi connectivity index (χ1v) is 5.56. The van der Waals surface area contributed by atoms with Crippen molar-refractivity contribution in [2.75, 3.05) is 0 Å². The van der Waals surface area contributed by atoms with Crippen LogP contribution in [0.2, 0.25) is 0 Å². The molecule has 90 valence electrons. The zero-order valence-corrected chi connectivity index (χ0v) is 10.2. The monoisotopic (exact) mass is 232 g/mol. The highest BCUT2D eigenvalue weighted by Crippen LogP contribution is 2.30. The van der Waals surface area contributed by atoms with Crippen molar-refractivity contribution in [1.29, 1.82) is 0 Å². The lowest BCUT2D eigenvalue weighted by molar-refractivity contribution is 0.0694. The molecule has 0 aliphatic carbocycles. The van der Waals surface area contributed by atoms with Crippen molar-refractivity contribution in [1.82, 2.24) is 0 Å². The van der Waals surface area contributed by atoms with Gasteiger partial charge < -0.3 is 10.2 Å². The summed E-state index contributed by atoms with van der Waals surface area (Å²) in [6.07, 6.45) is 0. The molecule has 2 aromatic carbocycles. The number of carboxylic acid groups (broad SMARTS) is 1. The predicted molar refractivity (Wildman–Crippen MR) is 68.7 cm³/mol. The number of aromatic carboxylic acids is 1. The van der Waals surface area contributed by atoms with E-state index in [1.54, 1.807) is 6.92 Å². The van der Waals surface area contributed by atoms with E-state index >= 15 is 0 Å². The first-order chi connectivity index (χ1) is 8.11. The number of phenols is 1. The Morgan fingerprint density at radius 2 is 1.76 bits per heavy atom. The van der Waals surface area contributed by atoms with Crippen LogP contribution >= 0.6 is 0 Å². The second-order valence-electron chi connectivity index (χ2n) is 3.42. The highest BCUT2D eigenvalue weighted by atomic mass is 16.4. The summed E-state index contributed by atoms with van der Waals surface area (Å²) < 4.78 is 0. The fourth-order valence-electron chi connectivity index (χ4n) is 1.68. The minimum Gasteiger partial charge on any atom is -0.507 e. The van der Waals surface area contributed by atoms with Crippen molar-refractivity contribution >= 4 is 16.7 Å². The zero-order valence-electron chi connectivity index (χ0n) is 10.2. The van der Waals surface area contributed by atoms with Crippen molar-refractivity contribution in [3.8, 4) is 5.75 Å². The summed E-state index contributed by atoms with van der Waals surface area (Å²) >= 11 is 0. The van der Waals surface area contributed by atoms with Gasteiger partial charge in [-0.2, -0.15) is 0 Å². The molecule has 0 radical (unpaired) electrons. The summed E-state index contributed by atoms with van der Waals surface area (Å²) in [5.41, 5.74) is 0.553. The lowest BCUT2D eigenvalue weighted by Gasteiger charge is -2.07. The third kappa shape index (κ3) is 2.38. The lowest BCUT2D eigenvalue weighted by atomic mass is 10.0. The molecule has 0 aromatic heterocycles. The van der Waals surface area contributed by atoms with Crippen LogP contribution in [0.25, 0.3) is 10.8 Å². The summed E-state index contributed by atoms with van der Waals surface area (Å²) in [4.78, 5) is 10.9. The van der Waals surface area contributed by atoms with Gasteiger partial charge in [0, 0.05) is 0 Å². The summed E-state index contributed by atoms with van der Waals surface area (Å²) in [6.45, 7) is 5.71. The number of aromatic hydroxyl groups is 1. The van der Waals surface area contributed by atoms with Gasteiger partial charge in [-0.25, -0.2) is 4.79 Å². The minimum atomic E-state index is -1.11. The number of rotatable bonds is 1. The Hall–Kier alpha value is -2.03.